The van der Waals surface area contributed by atoms with E-state index in [1.807, 2.05) is 17.9 Å². The number of carbonyl (C=O) groups is 1. The number of benzene rings is 1. The van der Waals surface area contributed by atoms with E-state index in [1.165, 1.54) is 12.0 Å². The number of hydrogen-bond acceptors (Lipinski definition) is 5. The van der Waals surface area contributed by atoms with E-state index in [0.29, 0.717) is 24.0 Å². The Morgan fingerprint density at radius 1 is 1.00 bits per heavy atom. The summed E-state index contributed by atoms with van der Waals surface area (Å²) < 4.78 is 11.7. The third kappa shape index (κ3) is 3.33. The summed E-state index contributed by atoms with van der Waals surface area (Å²) in [6.07, 6.45) is 5.11. The van der Waals surface area contributed by atoms with E-state index in [0.717, 1.165) is 73.1 Å². The molecule has 1 fully saturated rings. The van der Waals surface area contributed by atoms with Crippen LogP contribution >= 0.6 is 0 Å². The number of nitrogens with zero attached hydrogens (tertiary/aromatic N) is 2. The first-order valence-corrected chi connectivity index (χ1v) is 11.0. The van der Waals surface area contributed by atoms with E-state index < -0.39 is 0 Å². The highest BCUT2D eigenvalue weighted by molar-refractivity contribution is 5.97. The summed E-state index contributed by atoms with van der Waals surface area (Å²) in [7, 11) is 2.07. The number of fused-ring (bicyclic) bond motifs is 4. The van der Waals surface area contributed by atoms with Gasteiger partial charge in [-0.25, -0.2) is 4.79 Å². The van der Waals surface area contributed by atoms with Crippen LogP contribution in [0.3, 0.4) is 0 Å². The van der Waals surface area contributed by atoms with Crippen molar-refractivity contribution in [3.05, 3.63) is 45.0 Å². The van der Waals surface area contributed by atoms with Crippen molar-refractivity contribution in [2.45, 2.75) is 45.4 Å². The summed E-state index contributed by atoms with van der Waals surface area (Å²) >= 11 is 0. The molecule has 0 saturated carbocycles. The lowest BCUT2D eigenvalue weighted by molar-refractivity contribution is -0.132. The van der Waals surface area contributed by atoms with Crippen molar-refractivity contribution < 1.29 is 13.6 Å². The molecule has 6 heteroatoms. The van der Waals surface area contributed by atoms with Crippen LogP contribution < -0.4 is 5.63 Å². The second-order valence-electron chi connectivity index (χ2n) is 8.73. The summed E-state index contributed by atoms with van der Waals surface area (Å²) in [5, 5.41) is 2.08. The van der Waals surface area contributed by atoms with Crippen LogP contribution in [-0.4, -0.2) is 48.9 Å². The van der Waals surface area contributed by atoms with Gasteiger partial charge < -0.3 is 18.6 Å². The minimum absolute atomic E-state index is 0.112. The SMILES string of the molecule is Cc1c(CCC(=O)N2CCN(C)CC2)c(=O)oc2cc3oc4c(c3cc12)CCCC4. The van der Waals surface area contributed by atoms with Gasteiger partial charge in [-0.2, -0.15) is 0 Å². The molecule has 0 N–H and O–H groups in total. The maximum absolute atomic E-state index is 12.7. The van der Waals surface area contributed by atoms with Gasteiger partial charge in [0.05, 0.1) is 0 Å². The van der Waals surface area contributed by atoms with Crippen LogP contribution in [0.4, 0.5) is 0 Å². The molecule has 0 unspecified atom stereocenters. The minimum Gasteiger partial charge on any atom is -0.461 e. The molecule has 158 valence electrons. The number of aryl methyl sites for hydroxylation is 3. The van der Waals surface area contributed by atoms with Gasteiger partial charge in [0.25, 0.3) is 0 Å². The zero-order chi connectivity index (χ0) is 20.8. The molecule has 1 amide bonds. The first kappa shape index (κ1) is 19.4. The smallest absolute Gasteiger partial charge is 0.339 e. The molecule has 1 saturated heterocycles. The minimum atomic E-state index is -0.346. The van der Waals surface area contributed by atoms with Gasteiger partial charge in [0, 0.05) is 67.0 Å². The lowest BCUT2D eigenvalue weighted by atomic mass is 9.94. The largest absolute Gasteiger partial charge is 0.461 e. The molecule has 5 rings (SSSR count). The predicted molar refractivity (Wildman–Crippen MR) is 116 cm³/mol. The molecule has 2 aliphatic rings. The van der Waals surface area contributed by atoms with E-state index in [4.69, 9.17) is 8.83 Å². The van der Waals surface area contributed by atoms with Crippen molar-refractivity contribution in [3.63, 3.8) is 0 Å². The Morgan fingerprint density at radius 3 is 2.53 bits per heavy atom. The van der Waals surface area contributed by atoms with Gasteiger partial charge in [-0.15, -0.1) is 0 Å². The Hall–Kier alpha value is -2.60. The lowest BCUT2D eigenvalue weighted by Gasteiger charge is -2.32. The highest BCUT2D eigenvalue weighted by Crippen LogP contribution is 2.35. The van der Waals surface area contributed by atoms with Gasteiger partial charge in [0.15, 0.2) is 0 Å². The molecule has 3 heterocycles. The number of hydrogen-bond donors (Lipinski definition) is 0. The standard InChI is InChI=1S/C24H28N2O4/c1-15-16(7-8-23(27)26-11-9-25(2)10-12-26)24(28)30-21-14-22-19(13-18(15)21)17-5-3-4-6-20(17)29-22/h13-14H,3-12H2,1-2H3. The molecule has 30 heavy (non-hydrogen) atoms. The number of likely N-dealkylation sites (N-methyl/N-ethyl adjacent to an activating group) is 1. The Labute approximate surface area is 175 Å². The molecule has 1 aromatic carbocycles. The molecule has 6 nitrogen and oxygen atoms in total. The lowest BCUT2D eigenvalue weighted by Crippen LogP contribution is -2.47. The molecule has 0 atom stereocenters. The molecule has 2 aromatic heterocycles. The van der Waals surface area contributed by atoms with Gasteiger partial charge in [0.1, 0.15) is 16.9 Å². The highest BCUT2D eigenvalue weighted by atomic mass is 16.4. The number of carbonyl (C=O) groups excluding carboxylic acids is 1. The van der Waals surface area contributed by atoms with Crippen molar-refractivity contribution in [1.82, 2.24) is 9.80 Å². The summed E-state index contributed by atoms with van der Waals surface area (Å²) in [4.78, 5) is 29.4. The number of furan rings is 1. The molecule has 1 aliphatic carbocycles. The van der Waals surface area contributed by atoms with E-state index in [2.05, 4.69) is 18.0 Å². The Kier molecular flexibility index (Phi) is 4.89. The van der Waals surface area contributed by atoms with Crippen LogP contribution in [0.1, 0.15) is 41.7 Å². The number of piperazine rings is 1. The fraction of sp³-hybridized carbons (Fsp3) is 0.500. The van der Waals surface area contributed by atoms with Crippen LogP contribution in [0.15, 0.2) is 25.8 Å². The maximum atomic E-state index is 12.7. The summed E-state index contributed by atoms with van der Waals surface area (Å²) in [6, 6.07) is 3.97. The highest BCUT2D eigenvalue weighted by Gasteiger charge is 2.22. The molecular weight excluding hydrogens is 380 g/mol. The molecule has 1 aliphatic heterocycles. The monoisotopic (exact) mass is 408 g/mol. The Bertz CT molecular complexity index is 1180. The number of rotatable bonds is 3. The third-order valence-corrected chi connectivity index (χ3v) is 6.81. The molecule has 0 spiro atoms. The van der Waals surface area contributed by atoms with E-state index in [9.17, 15) is 9.59 Å². The van der Waals surface area contributed by atoms with Gasteiger partial charge in [-0.1, -0.05) is 0 Å². The molecule has 0 bridgehead atoms. The fourth-order valence-electron chi connectivity index (χ4n) is 4.88. The van der Waals surface area contributed by atoms with Crippen molar-refractivity contribution in [2.24, 2.45) is 0 Å². The van der Waals surface area contributed by atoms with E-state index in [-0.39, 0.29) is 11.5 Å². The van der Waals surface area contributed by atoms with Crippen LogP contribution in [0.2, 0.25) is 0 Å². The van der Waals surface area contributed by atoms with E-state index >= 15 is 0 Å². The summed E-state index contributed by atoms with van der Waals surface area (Å²) in [6.45, 7) is 5.27. The van der Waals surface area contributed by atoms with Crippen molar-refractivity contribution >= 4 is 27.8 Å². The van der Waals surface area contributed by atoms with Crippen molar-refractivity contribution in [1.29, 1.82) is 0 Å². The normalized spacial score (nSPS) is 17.6. The second-order valence-corrected chi connectivity index (χ2v) is 8.73. The van der Waals surface area contributed by atoms with Crippen LogP contribution in [0, 0.1) is 6.92 Å². The third-order valence-electron chi connectivity index (χ3n) is 6.81. The van der Waals surface area contributed by atoms with E-state index in [1.54, 1.807) is 0 Å². The van der Waals surface area contributed by atoms with Gasteiger partial charge in [-0.3, -0.25) is 4.79 Å². The topological polar surface area (TPSA) is 66.9 Å². The van der Waals surface area contributed by atoms with Crippen LogP contribution in [0.5, 0.6) is 0 Å². The van der Waals surface area contributed by atoms with Gasteiger partial charge >= 0.3 is 5.63 Å². The Morgan fingerprint density at radius 2 is 1.73 bits per heavy atom. The number of amides is 1. The first-order chi connectivity index (χ1) is 14.5. The van der Waals surface area contributed by atoms with Crippen molar-refractivity contribution in [3.8, 4) is 0 Å². The van der Waals surface area contributed by atoms with Crippen LogP contribution in [0.25, 0.3) is 21.9 Å². The molecular formula is C24H28N2O4. The zero-order valence-electron chi connectivity index (χ0n) is 17.8. The van der Waals surface area contributed by atoms with Crippen LogP contribution in [-0.2, 0) is 24.1 Å². The van der Waals surface area contributed by atoms with Gasteiger partial charge in [0.2, 0.25) is 5.91 Å². The average Bonchev–Trinajstić information content (AvgIpc) is 3.10. The fourth-order valence-corrected chi connectivity index (χ4v) is 4.88. The maximum Gasteiger partial charge on any atom is 0.339 e. The van der Waals surface area contributed by atoms with Gasteiger partial charge in [-0.05, 0) is 51.3 Å². The summed E-state index contributed by atoms with van der Waals surface area (Å²) in [5.41, 5.74) is 3.85. The zero-order valence-corrected chi connectivity index (χ0v) is 17.8. The first-order valence-electron chi connectivity index (χ1n) is 11.0. The van der Waals surface area contributed by atoms with Crippen molar-refractivity contribution in [2.75, 3.05) is 33.2 Å². The molecule has 3 aromatic rings. The quantitative estimate of drug-likeness (QED) is 0.621. The molecule has 0 radical (unpaired) electrons. The average molecular weight is 408 g/mol. The predicted octanol–water partition coefficient (Wildman–Crippen LogP) is 3.43. The Balaban J connectivity index is 1.45. The summed E-state index contributed by atoms with van der Waals surface area (Å²) in [5.74, 6) is 1.19. The second kappa shape index (κ2) is 7.58.